The third-order valence-corrected chi connectivity index (χ3v) is 4.35. The fourth-order valence-electron chi connectivity index (χ4n) is 2.31. The number of nitrogens with zero attached hydrogens (tertiary/aromatic N) is 3. The van der Waals surface area contributed by atoms with Crippen LogP contribution in [0.25, 0.3) is 0 Å². The second-order valence-corrected chi connectivity index (χ2v) is 6.46. The number of aromatic nitrogens is 2. The maximum Gasteiger partial charge on any atom is 0.233 e. The second-order valence-electron chi connectivity index (χ2n) is 5.52. The smallest absolute Gasteiger partial charge is 0.233 e. The Hall–Kier alpha value is -2.68. The van der Waals surface area contributed by atoms with E-state index in [1.54, 1.807) is 11.9 Å². The van der Waals surface area contributed by atoms with Crippen molar-refractivity contribution in [1.29, 1.82) is 0 Å². The molecular weight excluding hydrogens is 342 g/mol. The van der Waals surface area contributed by atoms with E-state index in [-0.39, 0.29) is 23.3 Å². The van der Waals surface area contributed by atoms with Crippen LogP contribution in [0.2, 0.25) is 0 Å². The Morgan fingerprint density at radius 3 is 2.56 bits per heavy atom. The lowest BCUT2D eigenvalue weighted by Crippen LogP contribution is -2.28. The molecule has 4 N–H and O–H groups in total. The van der Waals surface area contributed by atoms with Crippen LogP contribution < -0.4 is 20.9 Å². The first-order chi connectivity index (χ1) is 12.0. The maximum atomic E-state index is 12.3. The van der Waals surface area contributed by atoms with Gasteiger partial charge in [0.15, 0.2) is 16.7 Å². The molecule has 9 heteroatoms. The van der Waals surface area contributed by atoms with Gasteiger partial charge in [-0.1, -0.05) is 17.8 Å². The number of hydrogen-bond donors (Lipinski definition) is 2. The summed E-state index contributed by atoms with van der Waals surface area (Å²) in [5.74, 6) is 2.16. The van der Waals surface area contributed by atoms with E-state index in [1.807, 2.05) is 18.2 Å². The number of benzene rings is 1. The molecule has 1 aromatic carbocycles. The van der Waals surface area contributed by atoms with Gasteiger partial charge in [-0.15, -0.1) is 0 Å². The molecule has 0 saturated carbocycles. The Bertz CT molecular complexity index is 766. The monoisotopic (exact) mass is 361 g/mol. The molecule has 0 atom stereocenters. The van der Waals surface area contributed by atoms with E-state index >= 15 is 0 Å². The quantitative estimate of drug-likeness (QED) is 0.602. The molecule has 0 radical (unpaired) electrons. The van der Waals surface area contributed by atoms with E-state index in [9.17, 15) is 4.79 Å². The molecule has 1 aliphatic heterocycles. The van der Waals surface area contributed by atoms with Gasteiger partial charge in [0.05, 0.1) is 5.75 Å². The van der Waals surface area contributed by atoms with E-state index in [0.717, 1.165) is 11.3 Å². The molecule has 25 heavy (non-hydrogen) atoms. The molecule has 8 nitrogen and oxygen atoms in total. The molecule has 1 amide bonds. The summed E-state index contributed by atoms with van der Waals surface area (Å²) in [4.78, 5) is 22.0. The molecule has 2 heterocycles. The number of nitrogen functional groups attached to an aromatic ring is 2. The van der Waals surface area contributed by atoms with Crippen molar-refractivity contribution in [2.45, 2.75) is 11.7 Å². The summed E-state index contributed by atoms with van der Waals surface area (Å²) in [6.45, 7) is 1.56. The Kier molecular flexibility index (Phi) is 5.13. The summed E-state index contributed by atoms with van der Waals surface area (Å²) < 4.78 is 11.1. The average Bonchev–Trinajstić information content (AvgIpc) is 2.58. The van der Waals surface area contributed by atoms with Crippen LogP contribution in [0.15, 0.2) is 29.4 Å². The normalized spacial score (nSPS) is 12.7. The Morgan fingerprint density at radius 2 is 1.84 bits per heavy atom. The summed E-state index contributed by atoms with van der Waals surface area (Å²) in [6.07, 6.45) is 0. The molecule has 0 unspecified atom stereocenters. The topological polar surface area (TPSA) is 117 Å². The first-order valence-electron chi connectivity index (χ1n) is 7.66. The van der Waals surface area contributed by atoms with Crippen LogP contribution >= 0.6 is 11.8 Å². The lowest BCUT2D eigenvalue weighted by molar-refractivity contribution is -0.127. The molecule has 1 aliphatic rings. The fourth-order valence-corrected chi connectivity index (χ4v) is 3.12. The van der Waals surface area contributed by atoms with Crippen molar-refractivity contribution < 1.29 is 14.3 Å². The van der Waals surface area contributed by atoms with E-state index in [4.69, 9.17) is 20.9 Å². The highest BCUT2D eigenvalue weighted by Crippen LogP contribution is 2.31. The molecular formula is C16H19N5O3S. The van der Waals surface area contributed by atoms with Gasteiger partial charge >= 0.3 is 0 Å². The zero-order valence-corrected chi connectivity index (χ0v) is 14.6. The molecule has 0 saturated heterocycles. The maximum absolute atomic E-state index is 12.3. The summed E-state index contributed by atoms with van der Waals surface area (Å²) >= 11 is 1.20. The van der Waals surface area contributed by atoms with Crippen molar-refractivity contribution in [1.82, 2.24) is 14.9 Å². The van der Waals surface area contributed by atoms with Crippen molar-refractivity contribution in [3.63, 3.8) is 0 Å². The minimum atomic E-state index is -0.0514. The zero-order valence-electron chi connectivity index (χ0n) is 13.8. The van der Waals surface area contributed by atoms with Crippen LogP contribution in [-0.4, -0.2) is 46.8 Å². The second kappa shape index (κ2) is 7.47. The molecule has 0 fully saturated rings. The summed E-state index contributed by atoms with van der Waals surface area (Å²) in [7, 11) is 1.74. The summed E-state index contributed by atoms with van der Waals surface area (Å²) in [5, 5.41) is 0.388. The van der Waals surface area contributed by atoms with Gasteiger partial charge in [-0.05, 0) is 17.7 Å². The SMILES string of the molecule is CN(Cc1ccc2c(c1)OCCO2)C(=O)CSc1nc(N)cc(N)n1. The van der Waals surface area contributed by atoms with Gasteiger partial charge in [-0.2, -0.15) is 0 Å². The Morgan fingerprint density at radius 1 is 1.16 bits per heavy atom. The van der Waals surface area contributed by atoms with Gasteiger partial charge in [-0.25, -0.2) is 9.97 Å². The van der Waals surface area contributed by atoms with E-state index in [1.165, 1.54) is 17.8 Å². The average molecular weight is 361 g/mol. The Balaban J connectivity index is 1.57. The minimum absolute atomic E-state index is 0.0514. The number of carbonyl (C=O) groups excluding carboxylic acids is 1. The highest BCUT2D eigenvalue weighted by Gasteiger charge is 2.15. The number of fused-ring (bicyclic) bond motifs is 1. The number of nitrogens with two attached hydrogens (primary N) is 2. The van der Waals surface area contributed by atoms with Crippen LogP contribution in [-0.2, 0) is 11.3 Å². The van der Waals surface area contributed by atoms with Gasteiger partial charge in [0.2, 0.25) is 5.91 Å². The van der Waals surface area contributed by atoms with Crippen LogP contribution in [0, 0.1) is 0 Å². The molecule has 2 aromatic rings. The lowest BCUT2D eigenvalue weighted by atomic mass is 10.2. The number of ether oxygens (including phenoxy) is 2. The van der Waals surface area contributed by atoms with Crippen molar-refractivity contribution in [2.75, 3.05) is 37.5 Å². The highest BCUT2D eigenvalue weighted by molar-refractivity contribution is 7.99. The molecule has 1 aromatic heterocycles. The van der Waals surface area contributed by atoms with Crippen LogP contribution in [0.1, 0.15) is 5.56 Å². The highest BCUT2D eigenvalue weighted by atomic mass is 32.2. The molecule has 3 rings (SSSR count). The predicted molar refractivity (Wildman–Crippen MR) is 95.5 cm³/mol. The fraction of sp³-hybridized carbons (Fsp3) is 0.312. The Labute approximate surface area is 149 Å². The number of anilines is 2. The molecule has 132 valence electrons. The number of amides is 1. The van der Waals surface area contributed by atoms with Gasteiger partial charge in [0, 0.05) is 19.7 Å². The third kappa shape index (κ3) is 4.44. The van der Waals surface area contributed by atoms with Crippen LogP contribution in [0.5, 0.6) is 11.5 Å². The van der Waals surface area contributed by atoms with Crippen molar-refractivity contribution in [3.05, 3.63) is 29.8 Å². The molecule has 0 spiro atoms. The van der Waals surface area contributed by atoms with E-state index in [0.29, 0.717) is 30.7 Å². The van der Waals surface area contributed by atoms with Gasteiger partial charge < -0.3 is 25.8 Å². The first kappa shape index (κ1) is 17.2. The van der Waals surface area contributed by atoms with Gasteiger partial charge in [0.25, 0.3) is 0 Å². The molecule has 0 bridgehead atoms. The van der Waals surface area contributed by atoms with Crippen LogP contribution in [0.4, 0.5) is 11.6 Å². The zero-order chi connectivity index (χ0) is 17.8. The predicted octanol–water partition coefficient (Wildman–Crippen LogP) is 1.16. The van der Waals surface area contributed by atoms with Crippen molar-refractivity contribution >= 4 is 29.3 Å². The number of hydrogen-bond acceptors (Lipinski definition) is 8. The van der Waals surface area contributed by atoms with Gasteiger partial charge in [0.1, 0.15) is 24.8 Å². The number of carbonyl (C=O) groups is 1. The first-order valence-corrected chi connectivity index (χ1v) is 8.65. The number of thioether (sulfide) groups is 1. The summed E-state index contributed by atoms with van der Waals surface area (Å²) in [5.41, 5.74) is 12.2. The van der Waals surface area contributed by atoms with Crippen molar-refractivity contribution in [2.24, 2.45) is 0 Å². The third-order valence-electron chi connectivity index (χ3n) is 3.52. The number of rotatable bonds is 5. The molecule has 0 aliphatic carbocycles. The standard InChI is InChI=1S/C16H19N5O3S/c1-21(8-10-2-3-11-12(6-10)24-5-4-23-11)15(22)9-25-16-19-13(17)7-14(18)20-16/h2-3,6-7H,4-5,8-9H2,1H3,(H4,17,18,19,20). The van der Waals surface area contributed by atoms with Gasteiger partial charge in [-0.3, -0.25) is 4.79 Å². The summed E-state index contributed by atoms with van der Waals surface area (Å²) in [6, 6.07) is 7.15. The van der Waals surface area contributed by atoms with Crippen LogP contribution in [0.3, 0.4) is 0 Å². The minimum Gasteiger partial charge on any atom is -0.486 e. The van der Waals surface area contributed by atoms with Crippen molar-refractivity contribution in [3.8, 4) is 11.5 Å². The largest absolute Gasteiger partial charge is 0.486 e. The lowest BCUT2D eigenvalue weighted by Gasteiger charge is -2.21. The van der Waals surface area contributed by atoms with E-state index < -0.39 is 0 Å². The van der Waals surface area contributed by atoms with E-state index in [2.05, 4.69) is 9.97 Å².